The Kier molecular flexibility index (Phi) is 3.41. The number of aliphatic hydroxyl groups is 3. The number of aromatic nitrogens is 3. The van der Waals surface area contributed by atoms with Crippen molar-refractivity contribution in [1.82, 2.24) is 14.5 Å². The van der Waals surface area contributed by atoms with Gasteiger partial charge in [0.15, 0.2) is 17.9 Å². The number of rotatable bonds is 3. The third kappa shape index (κ3) is 1.98. The van der Waals surface area contributed by atoms with Crippen molar-refractivity contribution in [2.45, 2.75) is 30.7 Å². The Morgan fingerprint density at radius 3 is 2.87 bits per heavy atom. The predicted molar refractivity (Wildman–Crippen MR) is 78.8 cm³/mol. The first kappa shape index (κ1) is 15.8. The van der Waals surface area contributed by atoms with Crippen molar-refractivity contribution in [2.75, 3.05) is 12.3 Å². The molecule has 0 saturated carbocycles. The minimum absolute atomic E-state index is 0.0758. The molecule has 1 saturated heterocycles. The van der Waals surface area contributed by atoms with E-state index in [1.807, 2.05) is 0 Å². The minimum atomic E-state index is -2.84. The highest BCUT2D eigenvalue weighted by atomic mass is 19.2. The molecule has 0 unspecified atom stereocenters. The topological polar surface area (TPSA) is 127 Å². The lowest BCUT2D eigenvalue weighted by molar-refractivity contribution is -0.206. The SMILES string of the molecule is C=C(C)[C@]1(O)[C@H](n2ccc3c(N)ncnc32)O[C@](F)(CO)[C@H]1O. The number of hydrogen-bond acceptors (Lipinski definition) is 7. The van der Waals surface area contributed by atoms with Gasteiger partial charge in [0, 0.05) is 6.20 Å². The number of hydrogen-bond donors (Lipinski definition) is 4. The molecule has 0 aliphatic carbocycles. The molecule has 1 aliphatic rings. The van der Waals surface area contributed by atoms with E-state index in [-0.39, 0.29) is 17.0 Å². The van der Waals surface area contributed by atoms with Crippen LogP contribution < -0.4 is 5.73 Å². The summed E-state index contributed by atoms with van der Waals surface area (Å²) in [6, 6.07) is 1.58. The highest BCUT2D eigenvalue weighted by Crippen LogP contribution is 2.49. The molecule has 0 aromatic carbocycles. The molecule has 3 rings (SSSR count). The van der Waals surface area contributed by atoms with Crippen LogP contribution in [0.25, 0.3) is 11.0 Å². The van der Waals surface area contributed by atoms with Gasteiger partial charge in [-0.15, -0.1) is 0 Å². The normalized spacial score (nSPS) is 34.1. The fraction of sp³-hybridized carbons (Fsp3) is 0.429. The number of nitrogens with zero attached hydrogens (tertiary/aromatic N) is 3. The smallest absolute Gasteiger partial charge is 0.263 e. The Hall–Kier alpha value is -2.07. The van der Waals surface area contributed by atoms with Crippen LogP contribution in [-0.4, -0.2) is 54.0 Å². The molecule has 8 nitrogen and oxygen atoms in total. The molecule has 2 aromatic heterocycles. The Labute approximate surface area is 130 Å². The molecule has 23 heavy (non-hydrogen) atoms. The maximum Gasteiger partial charge on any atom is 0.263 e. The summed E-state index contributed by atoms with van der Waals surface area (Å²) in [7, 11) is 0. The van der Waals surface area contributed by atoms with Gasteiger partial charge >= 0.3 is 0 Å². The molecule has 2 aromatic rings. The summed E-state index contributed by atoms with van der Waals surface area (Å²) in [5, 5.41) is 30.7. The van der Waals surface area contributed by atoms with Crippen LogP contribution in [-0.2, 0) is 4.74 Å². The van der Waals surface area contributed by atoms with Crippen molar-refractivity contribution < 1.29 is 24.4 Å². The third-order valence-electron chi connectivity index (χ3n) is 4.20. The molecule has 0 radical (unpaired) electrons. The first-order chi connectivity index (χ1) is 10.8. The van der Waals surface area contributed by atoms with E-state index in [4.69, 9.17) is 10.5 Å². The lowest BCUT2D eigenvalue weighted by Crippen LogP contribution is -2.51. The minimum Gasteiger partial charge on any atom is -0.390 e. The molecule has 1 aliphatic heterocycles. The highest BCUT2D eigenvalue weighted by Gasteiger charge is 2.65. The number of anilines is 1. The summed E-state index contributed by atoms with van der Waals surface area (Å²) < 4.78 is 21.1. The second-order valence-electron chi connectivity index (χ2n) is 5.64. The van der Waals surface area contributed by atoms with E-state index in [1.165, 1.54) is 24.0 Å². The van der Waals surface area contributed by atoms with E-state index >= 15 is 0 Å². The van der Waals surface area contributed by atoms with Crippen LogP contribution in [0.4, 0.5) is 10.2 Å². The second kappa shape index (κ2) is 4.96. The van der Waals surface area contributed by atoms with Crippen LogP contribution >= 0.6 is 0 Å². The van der Waals surface area contributed by atoms with E-state index in [0.29, 0.717) is 5.39 Å². The zero-order valence-corrected chi connectivity index (χ0v) is 12.3. The van der Waals surface area contributed by atoms with Gasteiger partial charge < -0.3 is 30.4 Å². The van der Waals surface area contributed by atoms with Gasteiger partial charge in [-0.2, -0.15) is 0 Å². The summed E-state index contributed by atoms with van der Waals surface area (Å²) in [6.07, 6.45) is -0.726. The van der Waals surface area contributed by atoms with Gasteiger partial charge in [-0.1, -0.05) is 6.58 Å². The lowest BCUT2D eigenvalue weighted by atomic mass is 9.87. The summed E-state index contributed by atoms with van der Waals surface area (Å²) in [5.74, 6) is -2.63. The molecular formula is C14H17FN4O4. The Balaban J connectivity index is 2.20. The Bertz CT molecular complexity index is 781. The van der Waals surface area contributed by atoms with Gasteiger partial charge in [0.05, 0.1) is 5.39 Å². The number of alkyl halides is 1. The van der Waals surface area contributed by atoms with Crippen molar-refractivity contribution in [3.8, 4) is 0 Å². The predicted octanol–water partition coefficient (Wildman–Crippen LogP) is -0.132. The van der Waals surface area contributed by atoms with Gasteiger partial charge in [-0.25, -0.2) is 14.4 Å². The summed E-state index contributed by atoms with van der Waals surface area (Å²) in [6.45, 7) is 3.91. The largest absolute Gasteiger partial charge is 0.390 e. The zero-order chi connectivity index (χ0) is 17.0. The van der Waals surface area contributed by atoms with Gasteiger partial charge in [0.2, 0.25) is 0 Å². The zero-order valence-electron chi connectivity index (χ0n) is 12.3. The summed E-state index contributed by atoms with van der Waals surface area (Å²) in [4.78, 5) is 7.90. The second-order valence-corrected chi connectivity index (χ2v) is 5.64. The number of fused-ring (bicyclic) bond motifs is 1. The van der Waals surface area contributed by atoms with Crippen molar-refractivity contribution in [2.24, 2.45) is 0 Å². The van der Waals surface area contributed by atoms with Crippen LogP contribution in [0.15, 0.2) is 30.7 Å². The average molecular weight is 324 g/mol. The first-order valence-electron chi connectivity index (χ1n) is 6.86. The van der Waals surface area contributed by atoms with E-state index in [0.717, 1.165) is 0 Å². The van der Waals surface area contributed by atoms with E-state index in [9.17, 15) is 19.7 Å². The lowest BCUT2D eigenvalue weighted by Gasteiger charge is -2.32. The Morgan fingerprint density at radius 2 is 2.26 bits per heavy atom. The summed E-state index contributed by atoms with van der Waals surface area (Å²) in [5.41, 5.74) is 3.95. The molecule has 0 bridgehead atoms. The van der Waals surface area contributed by atoms with Crippen LogP contribution in [0.3, 0.4) is 0 Å². The van der Waals surface area contributed by atoms with Crippen LogP contribution in [0.2, 0.25) is 0 Å². The molecule has 5 N–H and O–H groups in total. The van der Waals surface area contributed by atoms with Crippen LogP contribution in [0.5, 0.6) is 0 Å². The standard InChI is InChI=1S/C14H17FN4O4/c1-7(2)14(22)11(21)13(15,5-20)23-12(14)19-4-3-8-9(16)17-6-18-10(8)19/h3-4,6,11-12,20-22H,1,5H2,2H3,(H2,16,17,18)/t11-,12-,13-,14-/m1/s1. The summed E-state index contributed by atoms with van der Waals surface area (Å²) >= 11 is 0. The molecular weight excluding hydrogens is 307 g/mol. The fourth-order valence-electron chi connectivity index (χ4n) is 2.82. The van der Waals surface area contributed by atoms with Gasteiger partial charge in [0.25, 0.3) is 5.85 Å². The Morgan fingerprint density at radius 1 is 1.57 bits per heavy atom. The number of aliphatic hydroxyl groups excluding tert-OH is 2. The average Bonchev–Trinajstić information content (AvgIpc) is 3.03. The number of ether oxygens (including phenoxy) is 1. The van der Waals surface area contributed by atoms with Crippen molar-refractivity contribution in [3.63, 3.8) is 0 Å². The molecule has 3 heterocycles. The number of nitrogens with two attached hydrogens (primary N) is 1. The van der Waals surface area contributed by atoms with E-state index in [2.05, 4.69) is 16.5 Å². The fourth-order valence-corrected chi connectivity index (χ4v) is 2.82. The molecule has 0 amide bonds. The maximum absolute atomic E-state index is 14.6. The van der Waals surface area contributed by atoms with Crippen molar-refractivity contribution in [1.29, 1.82) is 0 Å². The molecule has 4 atom stereocenters. The van der Waals surface area contributed by atoms with Gasteiger partial charge in [-0.05, 0) is 18.6 Å². The molecule has 9 heteroatoms. The molecule has 1 fully saturated rings. The highest BCUT2D eigenvalue weighted by molar-refractivity contribution is 5.86. The monoisotopic (exact) mass is 324 g/mol. The molecule has 124 valence electrons. The van der Waals surface area contributed by atoms with E-state index < -0.39 is 30.4 Å². The van der Waals surface area contributed by atoms with Gasteiger partial charge in [0.1, 0.15) is 24.4 Å². The quantitative estimate of drug-likeness (QED) is 0.579. The van der Waals surface area contributed by atoms with Crippen LogP contribution in [0, 0.1) is 0 Å². The number of nitrogen functional groups attached to an aromatic ring is 1. The third-order valence-corrected chi connectivity index (χ3v) is 4.20. The van der Waals surface area contributed by atoms with Crippen molar-refractivity contribution >= 4 is 16.9 Å². The number of halogens is 1. The first-order valence-corrected chi connectivity index (χ1v) is 6.86. The van der Waals surface area contributed by atoms with Crippen molar-refractivity contribution in [3.05, 3.63) is 30.7 Å². The van der Waals surface area contributed by atoms with Crippen LogP contribution in [0.1, 0.15) is 13.2 Å². The maximum atomic E-state index is 14.6. The van der Waals surface area contributed by atoms with Gasteiger partial charge in [-0.3, -0.25) is 0 Å². The van der Waals surface area contributed by atoms with E-state index in [1.54, 1.807) is 6.07 Å². The molecule has 0 spiro atoms.